The van der Waals surface area contributed by atoms with Gasteiger partial charge >= 0.3 is 6.03 Å². The standard InChI is InChI=1S/C25H30N6O2/c1-19-15-20(2)31(28-19)17-21-7-6-10-23(16-21)27-25(33)30-13-11-29(12-14-30)18-24(32)26-22-8-4-3-5-9-22/h3-10,15-16H,11-14,17-18H2,1-2H3,(H,26,32)(H,27,33). The minimum absolute atomic E-state index is 0.0430. The summed E-state index contributed by atoms with van der Waals surface area (Å²) in [5.74, 6) is -0.0430. The van der Waals surface area contributed by atoms with Crippen LogP contribution in [0.2, 0.25) is 0 Å². The van der Waals surface area contributed by atoms with E-state index in [1.807, 2.05) is 73.1 Å². The number of benzene rings is 2. The van der Waals surface area contributed by atoms with Crippen molar-refractivity contribution in [1.29, 1.82) is 0 Å². The molecule has 33 heavy (non-hydrogen) atoms. The molecule has 0 atom stereocenters. The third-order valence-electron chi connectivity index (χ3n) is 5.70. The van der Waals surface area contributed by atoms with Gasteiger partial charge in [0.1, 0.15) is 0 Å². The van der Waals surface area contributed by atoms with Crippen LogP contribution in [0, 0.1) is 13.8 Å². The van der Waals surface area contributed by atoms with Crippen molar-refractivity contribution in [3.8, 4) is 0 Å². The number of urea groups is 1. The van der Waals surface area contributed by atoms with Crippen molar-refractivity contribution in [1.82, 2.24) is 19.6 Å². The summed E-state index contributed by atoms with van der Waals surface area (Å²) < 4.78 is 1.96. The third-order valence-corrected chi connectivity index (χ3v) is 5.70. The van der Waals surface area contributed by atoms with E-state index < -0.39 is 0 Å². The van der Waals surface area contributed by atoms with Gasteiger partial charge in [0.2, 0.25) is 5.91 Å². The molecule has 1 aromatic heterocycles. The molecule has 4 rings (SSSR count). The Balaban J connectivity index is 1.25. The third kappa shape index (κ3) is 6.20. The molecule has 172 valence electrons. The smallest absolute Gasteiger partial charge is 0.321 e. The number of rotatable bonds is 6. The maximum Gasteiger partial charge on any atom is 0.321 e. The van der Waals surface area contributed by atoms with Gasteiger partial charge in [0.25, 0.3) is 0 Å². The number of nitrogens with zero attached hydrogens (tertiary/aromatic N) is 4. The van der Waals surface area contributed by atoms with Crippen LogP contribution in [0.1, 0.15) is 17.0 Å². The summed E-state index contributed by atoms with van der Waals surface area (Å²) in [6.07, 6.45) is 0. The fraction of sp³-hybridized carbons (Fsp3) is 0.320. The Kier molecular flexibility index (Phi) is 7.04. The van der Waals surface area contributed by atoms with Crippen LogP contribution in [0.4, 0.5) is 16.2 Å². The fourth-order valence-corrected chi connectivity index (χ4v) is 3.99. The van der Waals surface area contributed by atoms with Crippen LogP contribution in [0.5, 0.6) is 0 Å². The summed E-state index contributed by atoms with van der Waals surface area (Å²) in [6, 6.07) is 19.2. The zero-order valence-electron chi connectivity index (χ0n) is 19.1. The maximum absolute atomic E-state index is 12.8. The van der Waals surface area contributed by atoms with Crippen LogP contribution in [0.3, 0.4) is 0 Å². The number of carbonyl (C=O) groups excluding carboxylic acids is 2. The van der Waals surface area contributed by atoms with Crippen LogP contribution in [0.25, 0.3) is 0 Å². The first kappa shape index (κ1) is 22.5. The number of anilines is 2. The Bertz CT molecular complexity index is 1100. The van der Waals surface area contributed by atoms with E-state index in [-0.39, 0.29) is 11.9 Å². The van der Waals surface area contributed by atoms with Crippen molar-refractivity contribution < 1.29 is 9.59 Å². The van der Waals surface area contributed by atoms with E-state index in [1.165, 1.54) is 0 Å². The van der Waals surface area contributed by atoms with Gasteiger partial charge < -0.3 is 15.5 Å². The first-order chi connectivity index (χ1) is 16.0. The zero-order valence-corrected chi connectivity index (χ0v) is 19.1. The van der Waals surface area contributed by atoms with Gasteiger partial charge in [0.15, 0.2) is 0 Å². The second-order valence-electron chi connectivity index (χ2n) is 8.39. The summed E-state index contributed by atoms with van der Waals surface area (Å²) in [5.41, 5.74) is 4.74. The van der Waals surface area contributed by atoms with Crippen molar-refractivity contribution >= 4 is 23.3 Å². The predicted molar refractivity (Wildman–Crippen MR) is 129 cm³/mol. The van der Waals surface area contributed by atoms with E-state index in [0.29, 0.717) is 39.3 Å². The molecule has 0 spiro atoms. The Morgan fingerprint density at radius 3 is 2.30 bits per heavy atom. The number of aryl methyl sites for hydroxylation is 2. The second kappa shape index (κ2) is 10.3. The summed E-state index contributed by atoms with van der Waals surface area (Å²) in [5, 5.41) is 10.4. The van der Waals surface area contributed by atoms with Crippen molar-refractivity contribution in [2.45, 2.75) is 20.4 Å². The molecule has 0 aliphatic carbocycles. The van der Waals surface area contributed by atoms with Crippen LogP contribution in [-0.2, 0) is 11.3 Å². The van der Waals surface area contributed by atoms with Gasteiger partial charge in [-0.15, -0.1) is 0 Å². The lowest BCUT2D eigenvalue weighted by molar-refractivity contribution is -0.117. The van der Waals surface area contributed by atoms with E-state index in [1.54, 1.807) is 4.90 Å². The number of nitrogens with one attached hydrogen (secondary N) is 2. The molecule has 3 aromatic rings. The molecule has 0 radical (unpaired) electrons. The van der Waals surface area contributed by atoms with Crippen molar-refractivity contribution in [2.75, 3.05) is 43.4 Å². The van der Waals surface area contributed by atoms with Gasteiger partial charge in [-0.3, -0.25) is 14.4 Å². The molecule has 1 aliphatic rings. The molecule has 1 saturated heterocycles. The summed E-state index contributed by atoms with van der Waals surface area (Å²) in [6.45, 7) is 7.48. The number of hydrogen-bond donors (Lipinski definition) is 2. The van der Waals surface area contributed by atoms with E-state index >= 15 is 0 Å². The lowest BCUT2D eigenvalue weighted by Crippen LogP contribution is -2.51. The molecular weight excluding hydrogens is 416 g/mol. The average Bonchev–Trinajstić information content (AvgIpc) is 3.11. The highest BCUT2D eigenvalue weighted by Crippen LogP contribution is 2.15. The molecule has 0 unspecified atom stereocenters. The number of hydrogen-bond acceptors (Lipinski definition) is 4. The Labute approximate surface area is 194 Å². The normalized spacial score (nSPS) is 14.2. The molecule has 2 heterocycles. The predicted octanol–water partition coefficient (Wildman–Crippen LogP) is 3.34. The molecule has 2 N–H and O–H groups in total. The van der Waals surface area contributed by atoms with Crippen LogP contribution in [0.15, 0.2) is 60.7 Å². The number of aromatic nitrogens is 2. The van der Waals surface area contributed by atoms with E-state index in [0.717, 1.165) is 28.3 Å². The number of amides is 3. The van der Waals surface area contributed by atoms with Crippen LogP contribution >= 0.6 is 0 Å². The van der Waals surface area contributed by atoms with Gasteiger partial charge in [-0.2, -0.15) is 5.10 Å². The van der Waals surface area contributed by atoms with Gasteiger partial charge in [-0.25, -0.2) is 4.79 Å². The van der Waals surface area contributed by atoms with Crippen molar-refractivity contribution in [2.24, 2.45) is 0 Å². The summed E-state index contributed by atoms with van der Waals surface area (Å²) in [4.78, 5) is 28.9. The van der Waals surface area contributed by atoms with Gasteiger partial charge in [-0.05, 0) is 49.7 Å². The highest BCUT2D eigenvalue weighted by atomic mass is 16.2. The lowest BCUT2D eigenvalue weighted by atomic mass is 10.2. The van der Waals surface area contributed by atoms with Crippen LogP contribution in [-0.4, -0.2) is 64.2 Å². The fourth-order valence-electron chi connectivity index (χ4n) is 3.99. The van der Waals surface area contributed by atoms with E-state index in [2.05, 4.69) is 26.7 Å². The minimum atomic E-state index is -0.119. The molecule has 8 heteroatoms. The summed E-state index contributed by atoms with van der Waals surface area (Å²) >= 11 is 0. The molecule has 1 aliphatic heterocycles. The van der Waals surface area contributed by atoms with Gasteiger partial charge in [0.05, 0.1) is 18.8 Å². The molecule has 1 fully saturated rings. The molecule has 2 aromatic carbocycles. The first-order valence-corrected chi connectivity index (χ1v) is 11.2. The largest absolute Gasteiger partial charge is 0.325 e. The zero-order chi connectivity index (χ0) is 23.2. The molecule has 0 bridgehead atoms. The minimum Gasteiger partial charge on any atom is -0.325 e. The average molecular weight is 447 g/mol. The first-order valence-electron chi connectivity index (χ1n) is 11.2. The number of para-hydroxylation sites is 1. The highest BCUT2D eigenvalue weighted by Gasteiger charge is 2.22. The van der Waals surface area contributed by atoms with Crippen LogP contribution < -0.4 is 10.6 Å². The topological polar surface area (TPSA) is 82.5 Å². The van der Waals surface area contributed by atoms with Gasteiger partial charge in [-0.1, -0.05) is 30.3 Å². The Morgan fingerprint density at radius 2 is 1.61 bits per heavy atom. The SMILES string of the molecule is Cc1cc(C)n(Cc2cccc(NC(=O)N3CCN(CC(=O)Nc4ccccc4)CC3)c2)n1. The van der Waals surface area contributed by atoms with Crippen molar-refractivity contribution in [3.63, 3.8) is 0 Å². The van der Waals surface area contributed by atoms with E-state index in [9.17, 15) is 9.59 Å². The lowest BCUT2D eigenvalue weighted by Gasteiger charge is -2.34. The highest BCUT2D eigenvalue weighted by molar-refractivity contribution is 5.92. The maximum atomic E-state index is 12.8. The number of carbonyl (C=O) groups is 2. The molecule has 8 nitrogen and oxygen atoms in total. The van der Waals surface area contributed by atoms with Crippen molar-refractivity contribution in [3.05, 3.63) is 77.6 Å². The second-order valence-corrected chi connectivity index (χ2v) is 8.39. The summed E-state index contributed by atoms with van der Waals surface area (Å²) in [7, 11) is 0. The molecular formula is C25H30N6O2. The monoisotopic (exact) mass is 446 g/mol. The van der Waals surface area contributed by atoms with E-state index in [4.69, 9.17) is 0 Å². The van der Waals surface area contributed by atoms with Gasteiger partial charge in [0, 0.05) is 43.2 Å². The molecule has 0 saturated carbocycles. The Hall–Kier alpha value is -3.65. The quantitative estimate of drug-likeness (QED) is 0.609. The Morgan fingerprint density at radius 1 is 0.879 bits per heavy atom. The number of piperazine rings is 1. The molecule has 3 amide bonds.